The molecule has 0 unspecified atom stereocenters. The smallest absolute Gasteiger partial charge is 0.0379 e. The van der Waals surface area contributed by atoms with Crippen molar-refractivity contribution in [3.63, 3.8) is 0 Å². The van der Waals surface area contributed by atoms with Crippen molar-refractivity contribution in [2.24, 2.45) is 0 Å². The zero-order valence-electron chi connectivity index (χ0n) is 26.2. The zero-order chi connectivity index (χ0) is 32.2. The Morgan fingerprint density at radius 1 is 0.298 bits per heavy atom. The van der Waals surface area contributed by atoms with Crippen LogP contribution in [-0.4, -0.2) is 5.90 Å². The molecular formula is C43H37P3S. The van der Waals surface area contributed by atoms with Gasteiger partial charge >= 0.3 is 0 Å². The van der Waals surface area contributed by atoms with Crippen molar-refractivity contribution in [3.05, 3.63) is 212 Å². The van der Waals surface area contributed by atoms with Crippen LogP contribution in [0.2, 0.25) is 0 Å². The predicted octanol–water partition coefficient (Wildman–Crippen LogP) is 8.65. The number of hydrogen-bond acceptors (Lipinski definition) is 1. The highest BCUT2D eigenvalue weighted by Crippen LogP contribution is 2.48. The van der Waals surface area contributed by atoms with E-state index in [0.717, 1.165) is 0 Å². The molecule has 7 aromatic rings. The Bertz CT molecular complexity index is 1690. The molecule has 0 aliphatic heterocycles. The topological polar surface area (TPSA) is 0 Å². The first-order valence-electron chi connectivity index (χ1n) is 15.8. The van der Waals surface area contributed by atoms with E-state index in [1.807, 2.05) is 18.2 Å². The summed E-state index contributed by atoms with van der Waals surface area (Å²) in [5, 5.41) is 9.56. The highest BCUT2D eigenvalue weighted by molar-refractivity contribution is 8.25. The van der Waals surface area contributed by atoms with Crippen molar-refractivity contribution in [1.29, 1.82) is 0 Å². The largest absolute Gasteiger partial charge is 0.0826 e. The maximum absolute atomic E-state index is 6.21. The third-order valence-corrected chi connectivity index (χ3v) is 18.8. The van der Waals surface area contributed by atoms with E-state index in [4.69, 9.17) is 11.8 Å². The van der Waals surface area contributed by atoms with E-state index in [0.29, 0.717) is 0 Å². The highest BCUT2D eigenvalue weighted by atomic mass is 32.4. The Balaban J connectivity index is 0.000000172. The quantitative estimate of drug-likeness (QED) is 0.138. The first-order chi connectivity index (χ1) is 23.2. The Labute approximate surface area is 287 Å². The Morgan fingerprint density at radius 3 is 0.702 bits per heavy atom. The molecule has 0 aromatic heterocycles. The number of hydrogen-bond donors (Lipinski definition) is 0. The summed E-state index contributed by atoms with van der Waals surface area (Å²) in [6.45, 7) is 0. The fourth-order valence-electron chi connectivity index (χ4n) is 5.56. The minimum absolute atomic E-state index is 0.409. The van der Waals surface area contributed by atoms with E-state index in [9.17, 15) is 0 Å². The van der Waals surface area contributed by atoms with Crippen LogP contribution >= 0.6 is 21.9 Å². The van der Waals surface area contributed by atoms with Crippen LogP contribution in [0, 0.1) is 0 Å². The number of rotatable bonds is 9. The predicted molar refractivity (Wildman–Crippen MR) is 216 cm³/mol. The van der Waals surface area contributed by atoms with E-state index in [1.165, 1.54) is 43.0 Å². The second-order valence-electron chi connectivity index (χ2n) is 11.0. The van der Waals surface area contributed by atoms with Gasteiger partial charge in [0.1, 0.15) is 0 Å². The summed E-state index contributed by atoms with van der Waals surface area (Å²) in [6, 6.07) is 73.7. The molecule has 0 amide bonds. The Kier molecular flexibility index (Phi) is 11.7. The third kappa shape index (κ3) is 8.32. The summed E-state index contributed by atoms with van der Waals surface area (Å²) in [6.07, 6.45) is 0. The normalized spacial score (nSPS) is 11.1. The van der Waals surface area contributed by atoms with E-state index >= 15 is 0 Å². The van der Waals surface area contributed by atoms with E-state index in [1.54, 1.807) is 0 Å². The molecule has 0 fully saturated rings. The maximum Gasteiger partial charge on any atom is 0.0379 e. The van der Waals surface area contributed by atoms with Crippen molar-refractivity contribution >= 4 is 70.8 Å². The maximum atomic E-state index is 6.21. The molecule has 7 aromatic carbocycles. The standard InChI is InChI=1S/C25H22P2.C18H15PS/c1-5-13-22(14-6-1)26(23-15-7-2-8-16-23)21-27(24-17-9-3-10-18-24)25-19-11-4-12-20-25;20-19(16-10-4-1-5-11-16,17-12-6-2-7-13-17)18-14-8-3-9-15-18/h1-20H,21H2;1-15H. The second-order valence-corrected chi connectivity index (χ2v) is 20.3. The summed E-state index contributed by atoms with van der Waals surface area (Å²) in [5.74, 6) is 1.17. The lowest BCUT2D eigenvalue weighted by Crippen LogP contribution is -2.24. The molecule has 7 rings (SSSR count). The lowest BCUT2D eigenvalue weighted by Gasteiger charge is -2.26. The summed E-state index contributed by atoms with van der Waals surface area (Å²) >= 11 is 6.21. The van der Waals surface area contributed by atoms with Crippen LogP contribution in [0.3, 0.4) is 0 Å². The van der Waals surface area contributed by atoms with E-state index in [-0.39, 0.29) is 0 Å². The summed E-state index contributed by atoms with van der Waals surface area (Å²) in [7, 11) is -0.817. The van der Waals surface area contributed by atoms with E-state index in [2.05, 4.69) is 194 Å². The van der Waals surface area contributed by atoms with Gasteiger partial charge in [0.2, 0.25) is 0 Å². The van der Waals surface area contributed by atoms with Gasteiger partial charge in [-0.05, 0) is 53.0 Å². The van der Waals surface area contributed by atoms with Crippen molar-refractivity contribution in [3.8, 4) is 0 Å². The lowest BCUT2D eigenvalue weighted by molar-refractivity contribution is 1.73. The fourth-order valence-corrected chi connectivity index (χ4v) is 15.8. The minimum Gasteiger partial charge on any atom is -0.0826 e. The summed E-state index contributed by atoms with van der Waals surface area (Å²) in [5.41, 5.74) is 0. The average molecular weight is 679 g/mol. The summed E-state index contributed by atoms with van der Waals surface area (Å²) in [4.78, 5) is 0. The van der Waals surface area contributed by atoms with Crippen LogP contribution in [-0.2, 0) is 11.8 Å². The van der Waals surface area contributed by atoms with Crippen molar-refractivity contribution < 1.29 is 0 Å². The molecule has 0 heterocycles. The molecule has 230 valence electrons. The first kappa shape index (κ1) is 33.0. The lowest BCUT2D eigenvalue weighted by atomic mass is 10.4. The average Bonchev–Trinajstić information content (AvgIpc) is 3.17. The molecular weight excluding hydrogens is 641 g/mol. The van der Waals surface area contributed by atoms with Crippen LogP contribution in [0.4, 0.5) is 0 Å². The first-order valence-corrected chi connectivity index (χ1v) is 21.6. The molecule has 0 radical (unpaired) electrons. The monoisotopic (exact) mass is 678 g/mol. The van der Waals surface area contributed by atoms with Crippen molar-refractivity contribution in [2.45, 2.75) is 0 Å². The van der Waals surface area contributed by atoms with Gasteiger partial charge in [-0.3, -0.25) is 0 Å². The van der Waals surface area contributed by atoms with Gasteiger partial charge < -0.3 is 0 Å². The van der Waals surface area contributed by atoms with Crippen LogP contribution in [0.1, 0.15) is 0 Å². The van der Waals surface area contributed by atoms with Crippen LogP contribution < -0.4 is 37.1 Å². The SMILES string of the molecule is S=P(c1ccccc1)(c1ccccc1)c1ccccc1.c1ccc(P(CP(c2ccccc2)c2ccccc2)c2ccccc2)cc1. The molecule has 0 N–H and O–H groups in total. The molecule has 0 spiro atoms. The van der Waals surface area contributed by atoms with Crippen LogP contribution in [0.15, 0.2) is 212 Å². The molecule has 0 saturated carbocycles. The van der Waals surface area contributed by atoms with Crippen LogP contribution in [0.25, 0.3) is 0 Å². The van der Waals surface area contributed by atoms with Gasteiger partial charge in [-0.2, -0.15) is 0 Å². The third-order valence-electron chi connectivity index (χ3n) is 7.91. The molecule has 0 nitrogen and oxygen atoms in total. The van der Waals surface area contributed by atoms with Gasteiger partial charge in [0.05, 0.1) is 0 Å². The Morgan fingerprint density at radius 2 is 0.489 bits per heavy atom. The molecule has 4 heteroatoms. The minimum atomic E-state index is -1.94. The molecule has 0 aliphatic rings. The summed E-state index contributed by atoms with van der Waals surface area (Å²) < 4.78 is 0. The van der Waals surface area contributed by atoms with Gasteiger partial charge in [-0.15, -0.1) is 0 Å². The fraction of sp³-hybridized carbons (Fsp3) is 0.0233. The molecule has 0 bridgehead atoms. The molecule has 0 saturated heterocycles. The highest BCUT2D eigenvalue weighted by Gasteiger charge is 2.24. The van der Waals surface area contributed by atoms with E-state index < -0.39 is 21.9 Å². The molecule has 0 atom stereocenters. The van der Waals surface area contributed by atoms with Gasteiger partial charge in [0.25, 0.3) is 0 Å². The molecule has 47 heavy (non-hydrogen) atoms. The second kappa shape index (κ2) is 16.7. The Hall–Kier alpha value is -3.95. The number of benzene rings is 7. The van der Waals surface area contributed by atoms with Gasteiger partial charge in [-0.25, -0.2) is 0 Å². The van der Waals surface area contributed by atoms with Gasteiger partial charge in [0, 0.05) is 11.9 Å². The zero-order valence-corrected chi connectivity index (χ0v) is 29.7. The van der Waals surface area contributed by atoms with Gasteiger partial charge in [-0.1, -0.05) is 224 Å². The van der Waals surface area contributed by atoms with Crippen molar-refractivity contribution in [2.75, 3.05) is 5.90 Å². The van der Waals surface area contributed by atoms with Crippen LogP contribution in [0.5, 0.6) is 0 Å². The molecule has 0 aliphatic carbocycles. The van der Waals surface area contributed by atoms with Gasteiger partial charge in [0.15, 0.2) is 0 Å². The van der Waals surface area contributed by atoms with Crippen molar-refractivity contribution in [1.82, 2.24) is 0 Å².